The maximum absolute atomic E-state index is 14.4. The van der Waals surface area contributed by atoms with Gasteiger partial charge in [0.2, 0.25) is 5.90 Å². The fraction of sp³-hybridized carbons (Fsp3) is 0.235. The molecular weight excluding hydrogens is 596 g/mol. The second-order valence-corrected chi connectivity index (χ2v) is 10.9. The van der Waals surface area contributed by atoms with E-state index < -0.39 is 11.6 Å². The van der Waals surface area contributed by atoms with Gasteiger partial charge in [-0.1, -0.05) is 76.6 Å². The van der Waals surface area contributed by atoms with Gasteiger partial charge in [0.1, 0.15) is 11.5 Å². The van der Waals surface area contributed by atoms with Crippen molar-refractivity contribution in [1.82, 2.24) is 5.32 Å². The molecule has 0 saturated carbocycles. The second-order valence-electron chi connectivity index (χ2n) is 10.00. The van der Waals surface area contributed by atoms with E-state index in [-0.39, 0.29) is 19.1 Å². The Balaban J connectivity index is 1.54. The number of methoxy groups -OCH3 is 1. The average Bonchev–Trinajstić information content (AvgIpc) is 3.41. The van der Waals surface area contributed by atoms with Crippen molar-refractivity contribution >= 4 is 27.7 Å². The number of para-hydroxylation sites is 1. The van der Waals surface area contributed by atoms with Crippen LogP contribution in [-0.4, -0.2) is 42.8 Å². The topological polar surface area (TPSA) is 89.4 Å². The number of halogens is 1. The van der Waals surface area contributed by atoms with E-state index in [0.29, 0.717) is 36.8 Å². The predicted octanol–water partition coefficient (Wildman–Crippen LogP) is 6.03. The molecule has 42 heavy (non-hydrogen) atoms. The Kier molecular flexibility index (Phi) is 9.56. The third-order valence-corrected chi connectivity index (χ3v) is 7.68. The van der Waals surface area contributed by atoms with E-state index in [2.05, 4.69) is 21.2 Å². The third kappa shape index (κ3) is 6.66. The summed E-state index contributed by atoms with van der Waals surface area (Å²) in [6.45, 7) is 0.769. The number of ether oxygens (including phenoxy) is 3. The summed E-state index contributed by atoms with van der Waals surface area (Å²) in [5, 5.41) is 12.2. The molecular formula is C34H33BrN2O5. The van der Waals surface area contributed by atoms with Gasteiger partial charge in [0.25, 0.3) is 5.91 Å². The molecule has 4 aromatic carbocycles. The van der Waals surface area contributed by atoms with Gasteiger partial charge >= 0.3 is 0 Å². The first-order valence-electron chi connectivity index (χ1n) is 13.8. The lowest BCUT2D eigenvalue weighted by molar-refractivity contribution is -0.129. The normalized spacial score (nSPS) is 17.7. The minimum Gasteiger partial charge on any atom is -0.496 e. The lowest BCUT2D eigenvalue weighted by Crippen LogP contribution is -2.49. The first-order chi connectivity index (χ1) is 20.5. The summed E-state index contributed by atoms with van der Waals surface area (Å²) < 4.78 is 18.7. The van der Waals surface area contributed by atoms with Gasteiger partial charge in [-0.25, -0.2) is 4.99 Å². The number of rotatable bonds is 12. The van der Waals surface area contributed by atoms with Crippen molar-refractivity contribution < 1.29 is 24.1 Å². The molecule has 0 spiro atoms. The van der Waals surface area contributed by atoms with E-state index in [1.807, 2.05) is 103 Å². The van der Waals surface area contributed by atoms with Gasteiger partial charge in [0, 0.05) is 41.6 Å². The molecule has 8 heteroatoms. The summed E-state index contributed by atoms with van der Waals surface area (Å²) in [6.07, 6.45) is 0.204. The number of aliphatic imine (C=N–C) groups is 1. The van der Waals surface area contributed by atoms with Crippen molar-refractivity contribution in [3.8, 4) is 11.5 Å². The van der Waals surface area contributed by atoms with Gasteiger partial charge in [0.05, 0.1) is 13.7 Å². The van der Waals surface area contributed by atoms with Crippen LogP contribution in [0.3, 0.4) is 0 Å². The molecule has 2 atom stereocenters. The van der Waals surface area contributed by atoms with Crippen LogP contribution >= 0.6 is 15.9 Å². The Labute approximate surface area is 254 Å². The Bertz CT molecular complexity index is 1510. The lowest BCUT2D eigenvalue weighted by Gasteiger charge is -2.31. The number of benzene rings is 4. The van der Waals surface area contributed by atoms with Gasteiger partial charge in [0.15, 0.2) is 11.6 Å². The van der Waals surface area contributed by atoms with Gasteiger partial charge in [-0.3, -0.25) is 4.79 Å². The summed E-state index contributed by atoms with van der Waals surface area (Å²) in [7, 11) is 1.62. The monoisotopic (exact) mass is 628 g/mol. The number of aliphatic hydroxyl groups excluding tert-OH is 1. The van der Waals surface area contributed by atoms with Crippen LogP contribution in [0.5, 0.6) is 11.5 Å². The Hall–Kier alpha value is -4.14. The van der Waals surface area contributed by atoms with Gasteiger partial charge in [-0.2, -0.15) is 0 Å². The Morgan fingerprint density at radius 1 is 0.976 bits per heavy atom. The molecule has 0 aromatic heterocycles. The molecule has 4 aromatic rings. The van der Waals surface area contributed by atoms with E-state index >= 15 is 0 Å². The molecule has 216 valence electrons. The Morgan fingerprint density at radius 3 is 2.40 bits per heavy atom. The molecule has 0 unspecified atom stereocenters. The summed E-state index contributed by atoms with van der Waals surface area (Å²) in [6, 6.07) is 32.7. The van der Waals surface area contributed by atoms with Crippen LogP contribution < -0.4 is 14.8 Å². The van der Waals surface area contributed by atoms with E-state index in [9.17, 15) is 4.79 Å². The number of nitrogens with zero attached hydrogens (tertiary/aromatic N) is 1. The van der Waals surface area contributed by atoms with Crippen molar-refractivity contribution in [3.63, 3.8) is 0 Å². The quantitative estimate of drug-likeness (QED) is 0.187. The van der Waals surface area contributed by atoms with E-state index in [4.69, 9.17) is 24.3 Å². The number of hydrogen-bond acceptors (Lipinski definition) is 6. The third-order valence-electron chi connectivity index (χ3n) is 7.15. The highest BCUT2D eigenvalue weighted by atomic mass is 79.9. The Morgan fingerprint density at radius 2 is 1.69 bits per heavy atom. The molecule has 0 radical (unpaired) electrons. The molecule has 1 aliphatic rings. The van der Waals surface area contributed by atoms with Crippen molar-refractivity contribution in [2.45, 2.75) is 31.0 Å². The molecule has 1 amide bonds. The summed E-state index contributed by atoms with van der Waals surface area (Å²) in [5.74, 6) is 1.52. The zero-order chi connectivity index (χ0) is 29.4. The molecule has 2 N–H and O–H groups in total. The SMILES string of the molecule is COc1ccccc1CNC(=O)[C@]1(Cc2ccccc2)N=C(c2ccc(OCCCO)cc2)O[C@@H]1c1ccc(Br)cc1. The summed E-state index contributed by atoms with van der Waals surface area (Å²) in [5.41, 5.74) is 2.11. The molecule has 0 bridgehead atoms. The zero-order valence-corrected chi connectivity index (χ0v) is 24.9. The molecule has 5 rings (SSSR count). The maximum Gasteiger partial charge on any atom is 0.252 e. The van der Waals surface area contributed by atoms with E-state index in [1.165, 1.54) is 0 Å². The smallest absolute Gasteiger partial charge is 0.252 e. The van der Waals surface area contributed by atoms with Crippen molar-refractivity contribution in [2.75, 3.05) is 20.3 Å². The molecule has 1 aliphatic heterocycles. The first kappa shape index (κ1) is 29.4. The number of carbonyl (C=O) groups excluding carboxylic acids is 1. The highest BCUT2D eigenvalue weighted by Crippen LogP contribution is 2.43. The minimum absolute atomic E-state index is 0.0722. The summed E-state index contributed by atoms with van der Waals surface area (Å²) >= 11 is 3.52. The van der Waals surface area contributed by atoms with Crippen LogP contribution in [0.1, 0.15) is 34.8 Å². The van der Waals surface area contributed by atoms with E-state index in [0.717, 1.165) is 26.7 Å². The standard InChI is InChI=1S/C34H33BrN2O5/c1-40-30-11-6-5-10-27(30)23-36-33(39)34(22-24-8-3-2-4-9-24)31(25-12-16-28(35)17-13-25)42-32(37-34)26-14-18-29(19-15-26)41-21-7-20-38/h2-6,8-19,31,38H,7,20-23H2,1H3,(H,36,39)/t31-,34-/m1/s1. The molecule has 0 fully saturated rings. The number of carbonyl (C=O) groups is 1. The first-order valence-corrected chi connectivity index (χ1v) is 14.6. The van der Waals surface area contributed by atoms with Crippen LogP contribution in [0, 0.1) is 0 Å². The number of amides is 1. The molecule has 0 aliphatic carbocycles. The fourth-order valence-corrected chi connectivity index (χ4v) is 5.27. The van der Waals surface area contributed by atoms with Crippen molar-refractivity contribution in [3.05, 3.63) is 130 Å². The van der Waals surface area contributed by atoms with Gasteiger partial charge in [-0.15, -0.1) is 0 Å². The molecule has 0 saturated heterocycles. The van der Waals surface area contributed by atoms with Crippen LogP contribution in [0.4, 0.5) is 0 Å². The molecule has 7 nitrogen and oxygen atoms in total. The van der Waals surface area contributed by atoms with Crippen molar-refractivity contribution in [1.29, 1.82) is 0 Å². The average molecular weight is 630 g/mol. The highest BCUT2D eigenvalue weighted by molar-refractivity contribution is 9.10. The van der Waals surface area contributed by atoms with E-state index in [1.54, 1.807) is 7.11 Å². The van der Waals surface area contributed by atoms with Crippen molar-refractivity contribution in [2.24, 2.45) is 4.99 Å². The van der Waals surface area contributed by atoms with Gasteiger partial charge < -0.3 is 24.6 Å². The van der Waals surface area contributed by atoms with Crippen LogP contribution in [0.25, 0.3) is 0 Å². The number of aliphatic hydroxyl groups is 1. The number of hydrogen-bond donors (Lipinski definition) is 2. The number of nitrogens with one attached hydrogen (secondary N) is 1. The zero-order valence-electron chi connectivity index (χ0n) is 23.3. The highest BCUT2D eigenvalue weighted by Gasteiger charge is 2.53. The largest absolute Gasteiger partial charge is 0.496 e. The van der Waals surface area contributed by atoms with Gasteiger partial charge in [-0.05, 0) is 53.6 Å². The van der Waals surface area contributed by atoms with Crippen LogP contribution in [-0.2, 0) is 22.5 Å². The molecule has 1 heterocycles. The lowest BCUT2D eigenvalue weighted by atomic mass is 9.82. The predicted molar refractivity (Wildman–Crippen MR) is 166 cm³/mol. The minimum atomic E-state index is -1.29. The summed E-state index contributed by atoms with van der Waals surface area (Å²) in [4.78, 5) is 19.5. The fourth-order valence-electron chi connectivity index (χ4n) is 5.00. The maximum atomic E-state index is 14.4. The second kappa shape index (κ2) is 13.7. The van der Waals surface area contributed by atoms with Crippen LogP contribution in [0.2, 0.25) is 0 Å². The van der Waals surface area contributed by atoms with Crippen LogP contribution in [0.15, 0.2) is 113 Å².